The third-order valence-electron chi connectivity index (χ3n) is 1.68. The third-order valence-corrected chi connectivity index (χ3v) is 1.68. The zero-order chi connectivity index (χ0) is 8.32. The van der Waals surface area contributed by atoms with Crippen molar-refractivity contribution in [2.24, 2.45) is 5.41 Å². The highest BCUT2D eigenvalue weighted by atomic mass is 16.7. The van der Waals surface area contributed by atoms with Gasteiger partial charge in [0.25, 0.3) is 0 Å². The predicted molar refractivity (Wildman–Crippen MR) is 33.9 cm³/mol. The molecule has 0 bridgehead atoms. The monoisotopic (exact) mass is 162 g/mol. The van der Waals surface area contributed by atoms with Crippen LogP contribution in [0.25, 0.3) is 0 Å². The summed E-state index contributed by atoms with van der Waals surface area (Å²) in [5, 5.41) is 17.4. The zero-order valence-corrected chi connectivity index (χ0v) is 5.95. The Hall–Kier alpha value is -0.650. The maximum atomic E-state index is 10.6. The standard InChI is InChI=1S/C6H10O5/c7-1-6(5(8)9)2-10-4-11-3-6/h7H,1-4H2,(H,8,9). The molecule has 0 atom stereocenters. The van der Waals surface area contributed by atoms with Crippen LogP contribution in [0.15, 0.2) is 0 Å². The Balaban J connectivity index is 2.64. The molecule has 2 N–H and O–H groups in total. The number of carboxylic acids is 1. The molecule has 1 rings (SSSR count). The van der Waals surface area contributed by atoms with Crippen LogP contribution >= 0.6 is 0 Å². The molecule has 5 nitrogen and oxygen atoms in total. The molecule has 11 heavy (non-hydrogen) atoms. The van der Waals surface area contributed by atoms with Gasteiger partial charge in [0.15, 0.2) is 0 Å². The van der Waals surface area contributed by atoms with Gasteiger partial charge < -0.3 is 19.7 Å². The van der Waals surface area contributed by atoms with Gasteiger partial charge in [-0.3, -0.25) is 4.79 Å². The molecule has 0 aromatic heterocycles. The zero-order valence-electron chi connectivity index (χ0n) is 5.95. The van der Waals surface area contributed by atoms with Crippen molar-refractivity contribution in [1.29, 1.82) is 0 Å². The summed E-state index contributed by atoms with van der Waals surface area (Å²) in [6, 6.07) is 0. The van der Waals surface area contributed by atoms with Crippen LogP contribution in [0, 0.1) is 5.41 Å². The molecule has 64 valence electrons. The normalized spacial score (nSPS) is 23.0. The molecular weight excluding hydrogens is 152 g/mol. The molecule has 0 spiro atoms. The van der Waals surface area contributed by atoms with E-state index in [1.165, 1.54) is 0 Å². The summed E-state index contributed by atoms with van der Waals surface area (Å²) in [7, 11) is 0. The molecular formula is C6H10O5. The Bertz CT molecular complexity index is 149. The number of aliphatic hydroxyl groups is 1. The molecule has 0 aromatic carbocycles. The number of hydrogen-bond acceptors (Lipinski definition) is 4. The van der Waals surface area contributed by atoms with Crippen molar-refractivity contribution in [3.8, 4) is 0 Å². The SMILES string of the molecule is O=C(O)C1(CO)COCOC1. The maximum Gasteiger partial charge on any atom is 0.316 e. The minimum Gasteiger partial charge on any atom is -0.481 e. The molecule has 1 heterocycles. The van der Waals surface area contributed by atoms with Crippen molar-refractivity contribution < 1.29 is 24.5 Å². The minimum absolute atomic E-state index is 0.0127. The van der Waals surface area contributed by atoms with Crippen LogP contribution < -0.4 is 0 Å². The van der Waals surface area contributed by atoms with E-state index in [0.29, 0.717) is 0 Å². The lowest BCUT2D eigenvalue weighted by molar-refractivity contribution is -0.197. The Morgan fingerprint density at radius 3 is 2.27 bits per heavy atom. The predicted octanol–water partition coefficient (Wildman–Crippen LogP) is -0.946. The van der Waals surface area contributed by atoms with Crippen LogP contribution in [0.5, 0.6) is 0 Å². The molecule has 0 unspecified atom stereocenters. The highest BCUT2D eigenvalue weighted by Gasteiger charge is 2.41. The molecule has 0 radical (unpaired) electrons. The van der Waals surface area contributed by atoms with Crippen LogP contribution in [0.4, 0.5) is 0 Å². The second kappa shape index (κ2) is 3.17. The van der Waals surface area contributed by atoms with Gasteiger partial charge >= 0.3 is 5.97 Å². The fraction of sp³-hybridized carbons (Fsp3) is 0.833. The Kier molecular flexibility index (Phi) is 2.43. The lowest BCUT2D eigenvalue weighted by Gasteiger charge is -2.30. The Morgan fingerprint density at radius 2 is 2.00 bits per heavy atom. The number of aliphatic carboxylic acids is 1. The summed E-state index contributed by atoms with van der Waals surface area (Å²) in [5.41, 5.74) is -1.25. The van der Waals surface area contributed by atoms with E-state index in [1.807, 2.05) is 0 Å². The van der Waals surface area contributed by atoms with Gasteiger partial charge in [-0.15, -0.1) is 0 Å². The van der Waals surface area contributed by atoms with Crippen molar-refractivity contribution in [1.82, 2.24) is 0 Å². The van der Waals surface area contributed by atoms with Crippen LogP contribution in [-0.4, -0.2) is 42.8 Å². The quantitative estimate of drug-likeness (QED) is 0.547. The van der Waals surface area contributed by atoms with Gasteiger partial charge in [-0.05, 0) is 0 Å². The summed E-state index contributed by atoms with van der Waals surface area (Å²) in [6.07, 6.45) is 0. The summed E-state index contributed by atoms with van der Waals surface area (Å²) in [4.78, 5) is 10.6. The van der Waals surface area contributed by atoms with Crippen LogP contribution in [0.2, 0.25) is 0 Å². The smallest absolute Gasteiger partial charge is 0.316 e. The lowest BCUT2D eigenvalue weighted by Crippen LogP contribution is -2.46. The molecule has 0 aliphatic carbocycles. The van der Waals surface area contributed by atoms with Gasteiger partial charge in [0.05, 0.1) is 19.8 Å². The van der Waals surface area contributed by atoms with E-state index < -0.39 is 18.0 Å². The lowest BCUT2D eigenvalue weighted by atomic mass is 9.91. The molecule has 5 heteroatoms. The first kappa shape index (κ1) is 8.45. The van der Waals surface area contributed by atoms with Gasteiger partial charge in [0, 0.05) is 0 Å². The van der Waals surface area contributed by atoms with E-state index in [9.17, 15) is 4.79 Å². The number of carboxylic acid groups (broad SMARTS) is 1. The van der Waals surface area contributed by atoms with Crippen molar-refractivity contribution in [3.63, 3.8) is 0 Å². The fourth-order valence-corrected chi connectivity index (χ4v) is 0.857. The summed E-state index contributed by atoms with van der Waals surface area (Å²) in [6.45, 7) is -0.324. The number of carbonyl (C=O) groups is 1. The minimum atomic E-state index is -1.25. The number of rotatable bonds is 2. The highest BCUT2D eigenvalue weighted by Crippen LogP contribution is 2.21. The summed E-state index contributed by atoms with van der Waals surface area (Å²) in [5.74, 6) is -1.08. The molecule has 0 saturated carbocycles. The molecule has 1 aliphatic rings. The van der Waals surface area contributed by atoms with E-state index in [1.54, 1.807) is 0 Å². The van der Waals surface area contributed by atoms with Crippen molar-refractivity contribution in [3.05, 3.63) is 0 Å². The maximum absolute atomic E-state index is 10.6. The first-order valence-electron chi connectivity index (χ1n) is 3.21. The van der Waals surface area contributed by atoms with Crippen molar-refractivity contribution >= 4 is 5.97 Å². The number of aliphatic hydroxyl groups excluding tert-OH is 1. The van der Waals surface area contributed by atoms with E-state index in [-0.39, 0.29) is 20.0 Å². The molecule has 1 fully saturated rings. The topological polar surface area (TPSA) is 76.0 Å². The second-order valence-corrected chi connectivity index (χ2v) is 2.56. The first-order chi connectivity index (χ1) is 5.21. The molecule has 1 aliphatic heterocycles. The molecule has 0 aromatic rings. The fourth-order valence-electron chi connectivity index (χ4n) is 0.857. The van der Waals surface area contributed by atoms with Crippen LogP contribution in [0.3, 0.4) is 0 Å². The average Bonchev–Trinajstić information content (AvgIpc) is 2.05. The van der Waals surface area contributed by atoms with Gasteiger partial charge in [-0.2, -0.15) is 0 Å². The van der Waals surface area contributed by atoms with E-state index in [0.717, 1.165) is 0 Å². The largest absolute Gasteiger partial charge is 0.481 e. The van der Waals surface area contributed by atoms with Crippen molar-refractivity contribution in [2.45, 2.75) is 0 Å². The number of ether oxygens (including phenoxy) is 2. The van der Waals surface area contributed by atoms with E-state index in [2.05, 4.69) is 0 Å². The van der Waals surface area contributed by atoms with Gasteiger partial charge in [-0.1, -0.05) is 0 Å². The van der Waals surface area contributed by atoms with E-state index >= 15 is 0 Å². The third kappa shape index (κ3) is 1.50. The Labute approximate surface area is 63.5 Å². The molecule has 1 saturated heterocycles. The van der Waals surface area contributed by atoms with E-state index in [4.69, 9.17) is 19.7 Å². The van der Waals surface area contributed by atoms with Crippen LogP contribution in [-0.2, 0) is 14.3 Å². The first-order valence-corrected chi connectivity index (χ1v) is 3.21. The van der Waals surface area contributed by atoms with Gasteiger partial charge in [0.1, 0.15) is 12.2 Å². The number of hydrogen-bond donors (Lipinski definition) is 2. The summed E-state index contributed by atoms with van der Waals surface area (Å²) >= 11 is 0. The average molecular weight is 162 g/mol. The van der Waals surface area contributed by atoms with Crippen LogP contribution in [0.1, 0.15) is 0 Å². The summed E-state index contributed by atoms with van der Waals surface area (Å²) < 4.78 is 9.55. The van der Waals surface area contributed by atoms with Gasteiger partial charge in [0.2, 0.25) is 0 Å². The van der Waals surface area contributed by atoms with Crippen molar-refractivity contribution in [2.75, 3.05) is 26.6 Å². The second-order valence-electron chi connectivity index (χ2n) is 2.56. The highest BCUT2D eigenvalue weighted by molar-refractivity contribution is 5.75. The molecule has 0 amide bonds. The van der Waals surface area contributed by atoms with Gasteiger partial charge in [-0.25, -0.2) is 0 Å². The Morgan fingerprint density at radius 1 is 1.45 bits per heavy atom.